The molecule has 6 heteroatoms. The smallest absolute Gasteiger partial charge is 0.414 e. The van der Waals surface area contributed by atoms with E-state index in [2.05, 4.69) is 0 Å². The number of ether oxygens (including phenoxy) is 1. The highest BCUT2D eigenvalue weighted by Gasteiger charge is 2.36. The van der Waals surface area contributed by atoms with Crippen LogP contribution in [0.4, 0.5) is 10.5 Å². The number of carbonyl (C=O) groups excluding carboxylic acids is 3. The van der Waals surface area contributed by atoms with Gasteiger partial charge in [0.15, 0.2) is 0 Å². The maximum atomic E-state index is 12.3. The second kappa shape index (κ2) is 6.16. The first-order valence-electron chi connectivity index (χ1n) is 7.40. The van der Waals surface area contributed by atoms with Crippen LogP contribution in [0.5, 0.6) is 0 Å². The van der Waals surface area contributed by atoms with Crippen LogP contribution in [0.15, 0.2) is 48.5 Å². The molecule has 0 N–H and O–H groups in total. The molecule has 0 aliphatic carbocycles. The van der Waals surface area contributed by atoms with Gasteiger partial charge in [0.1, 0.15) is 6.61 Å². The Morgan fingerprint density at radius 1 is 1.04 bits per heavy atom. The van der Waals surface area contributed by atoms with Crippen LogP contribution in [0.1, 0.15) is 26.3 Å². The van der Waals surface area contributed by atoms with Crippen molar-refractivity contribution in [3.05, 3.63) is 65.2 Å². The van der Waals surface area contributed by atoms with E-state index in [9.17, 15) is 14.4 Å². The van der Waals surface area contributed by atoms with E-state index in [-0.39, 0.29) is 18.1 Å². The number of hydrogen-bond acceptors (Lipinski definition) is 4. The van der Waals surface area contributed by atoms with Gasteiger partial charge in [0.05, 0.1) is 16.8 Å². The number of hydrogen-bond donors (Lipinski definition) is 0. The number of rotatable bonds is 3. The lowest BCUT2D eigenvalue weighted by atomic mass is 10.1. The topological polar surface area (TPSA) is 66.9 Å². The molecule has 0 unspecified atom stereocenters. The average molecular weight is 324 g/mol. The largest absolute Gasteiger partial charge is 0.444 e. The summed E-state index contributed by atoms with van der Waals surface area (Å²) in [5.41, 5.74) is 1.74. The molecule has 3 rings (SSSR count). The molecule has 0 bridgehead atoms. The Kier molecular flexibility index (Phi) is 4.04. The molecule has 1 aliphatic rings. The number of imide groups is 1. The van der Waals surface area contributed by atoms with Crippen LogP contribution in [0, 0.1) is 0 Å². The van der Waals surface area contributed by atoms with Gasteiger partial charge < -0.3 is 4.74 Å². The van der Waals surface area contributed by atoms with Crippen molar-refractivity contribution in [2.75, 3.05) is 19.0 Å². The summed E-state index contributed by atoms with van der Waals surface area (Å²) in [7, 11) is 2.93. The van der Waals surface area contributed by atoms with Crippen LogP contribution in [0.2, 0.25) is 0 Å². The van der Waals surface area contributed by atoms with Gasteiger partial charge >= 0.3 is 6.09 Å². The van der Waals surface area contributed by atoms with E-state index in [4.69, 9.17) is 4.74 Å². The van der Waals surface area contributed by atoms with E-state index in [1.165, 1.54) is 19.0 Å². The lowest BCUT2D eigenvalue weighted by Crippen LogP contribution is -2.29. The lowest BCUT2D eigenvalue weighted by Gasteiger charge is -2.19. The summed E-state index contributed by atoms with van der Waals surface area (Å²) in [6, 6.07) is 14.1. The zero-order valence-electron chi connectivity index (χ0n) is 13.4. The number of benzene rings is 2. The Balaban J connectivity index is 1.81. The number of anilines is 1. The van der Waals surface area contributed by atoms with Crippen molar-refractivity contribution in [3.63, 3.8) is 0 Å². The molecule has 0 atom stereocenters. The van der Waals surface area contributed by atoms with Crippen molar-refractivity contribution in [1.29, 1.82) is 0 Å². The minimum atomic E-state index is -0.595. The Morgan fingerprint density at radius 3 is 2.46 bits per heavy atom. The van der Waals surface area contributed by atoms with Crippen molar-refractivity contribution in [2.24, 2.45) is 0 Å². The monoisotopic (exact) mass is 324 g/mol. The molecule has 0 saturated heterocycles. The first-order valence-corrected chi connectivity index (χ1v) is 7.40. The van der Waals surface area contributed by atoms with Crippen molar-refractivity contribution in [3.8, 4) is 0 Å². The predicted octanol–water partition coefficient (Wildman–Crippen LogP) is 2.69. The maximum absolute atomic E-state index is 12.3. The highest BCUT2D eigenvalue weighted by atomic mass is 16.6. The number of nitrogens with zero attached hydrogens (tertiary/aromatic N) is 2. The Labute approximate surface area is 139 Å². The van der Waals surface area contributed by atoms with Gasteiger partial charge in [-0.1, -0.05) is 36.4 Å². The van der Waals surface area contributed by atoms with E-state index >= 15 is 0 Å². The second-order valence-electron chi connectivity index (χ2n) is 5.47. The first-order chi connectivity index (χ1) is 11.5. The molecule has 1 aliphatic heterocycles. The molecule has 0 radical (unpaired) electrons. The van der Waals surface area contributed by atoms with Crippen LogP contribution >= 0.6 is 0 Å². The minimum Gasteiger partial charge on any atom is -0.444 e. The molecule has 6 nitrogen and oxygen atoms in total. The molecule has 0 aromatic heterocycles. The first kappa shape index (κ1) is 15.7. The van der Waals surface area contributed by atoms with Crippen molar-refractivity contribution in [2.45, 2.75) is 6.61 Å². The van der Waals surface area contributed by atoms with Gasteiger partial charge in [0.25, 0.3) is 11.8 Å². The van der Waals surface area contributed by atoms with Crippen LogP contribution in [0.25, 0.3) is 0 Å². The Hall–Kier alpha value is -3.15. The molecule has 2 aromatic rings. The maximum Gasteiger partial charge on any atom is 0.414 e. The molecular weight excluding hydrogens is 308 g/mol. The van der Waals surface area contributed by atoms with Gasteiger partial charge in [-0.05, 0) is 17.7 Å². The summed E-state index contributed by atoms with van der Waals surface area (Å²) in [6.07, 6.45) is -0.595. The number of amides is 3. The fourth-order valence-corrected chi connectivity index (χ4v) is 2.58. The summed E-state index contributed by atoms with van der Waals surface area (Å²) < 4.78 is 5.27. The third-order valence-electron chi connectivity index (χ3n) is 3.94. The van der Waals surface area contributed by atoms with Gasteiger partial charge in [-0.15, -0.1) is 0 Å². The van der Waals surface area contributed by atoms with Gasteiger partial charge in [-0.3, -0.25) is 19.4 Å². The fraction of sp³-hybridized carbons (Fsp3) is 0.167. The van der Waals surface area contributed by atoms with Gasteiger partial charge in [0, 0.05) is 14.1 Å². The standard InChI is InChI=1S/C18H16N2O4/c1-19(18(23)24-11-12-7-4-3-5-8-12)14-10-6-9-13-15(14)17(22)20(2)16(13)21/h3-10H,11H2,1-2H3. The molecule has 0 spiro atoms. The van der Waals surface area contributed by atoms with Crippen LogP contribution in [-0.4, -0.2) is 36.9 Å². The third-order valence-corrected chi connectivity index (χ3v) is 3.94. The third kappa shape index (κ3) is 2.62. The van der Waals surface area contributed by atoms with Gasteiger partial charge in [-0.2, -0.15) is 0 Å². The van der Waals surface area contributed by atoms with E-state index in [1.54, 1.807) is 18.2 Å². The SMILES string of the molecule is CN1C(=O)c2cccc(N(C)C(=O)OCc3ccccc3)c2C1=O. The molecule has 24 heavy (non-hydrogen) atoms. The lowest BCUT2D eigenvalue weighted by molar-refractivity contribution is 0.0693. The Morgan fingerprint density at radius 2 is 1.75 bits per heavy atom. The van der Waals surface area contributed by atoms with E-state index in [0.29, 0.717) is 11.3 Å². The molecule has 1 heterocycles. The second-order valence-corrected chi connectivity index (χ2v) is 5.47. The average Bonchev–Trinajstić information content (AvgIpc) is 2.84. The van der Waals surface area contributed by atoms with E-state index in [0.717, 1.165) is 10.5 Å². The molecule has 2 aromatic carbocycles. The zero-order valence-corrected chi connectivity index (χ0v) is 13.4. The summed E-state index contributed by atoms with van der Waals surface area (Å²) in [5.74, 6) is -0.795. The van der Waals surface area contributed by atoms with E-state index in [1.807, 2.05) is 30.3 Å². The molecule has 3 amide bonds. The number of carbonyl (C=O) groups is 3. The van der Waals surface area contributed by atoms with Crippen molar-refractivity contribution < 1.29 is 19.1 Å². The predicted molar refractivity (Wildman–Crippen MR) is 87.9 cm³/mol. The molecule has 0 fully saturated rings. The quantitative estimate of drug-likeness (QED) is 0.814. The van der Waals surface area contributed by atoms with Gasteiger partial charge in [-0.25, -0.2) is 4.79 Å². The fourth-order valence-electron chi connectivity index (χ4n) is 2.58. The summed E-state index contributed by atoms with van der Waals surface area (Å²) >= 11 is 0. The van der Waals surface area contributed by atoms with E-state index < -0.39 is 12.0 Å². The minimum absolute atomic E-state index is 0.131. The van der Waals surface area contributed by atoms with Crippen LogP contribution < -0.4 is 4.90 Å². The molecular formula is C18H16N2O4. The van der Waals surface area contributed by atoms with Crippen LogP contribution in [0.3, 0.4) is 0 Å². The summed E-state index contributed by atoms with van der Waals surface area (Å²) in [6.45, 7) is 0.131. The summed E-state index contributed by atoms with van der Waals surface area (Å²) in [5, 5.41) is 0. The van der Waals surface area contributed by atoms with Crippen LogP contribution in [-0.2, 0) is 11.3 Å². The molecule has 122 valence electrons. The molecule has 0 saturated carbocycles. The highest BCUT2D eigenvalue weighted by molar-refractivity contribution is 6.24. The van der Waals surface area contributed by atoms with Crippen molar-refractivity contribution >= 4 is 23.6 Å². The Bertz CT molecular complexity index is 817. The highest BCUT2D eigenvalue weighted by Crippen LogP contribution is 2.30. The zero-order chi connectivity index (χ0) is 17.3. The normalized spacial score (nSPS) is 13.0. The number of fused-ring (bicyclic) bond motifs is 1. The summed E-state index contributed by atoms with van der Waals surface area (Å²) in [4.78, 5) is 38.9. The van der Waals surface area contributed by atoms with Gasteiger partial charge in [0.2, 0.25) is 0 Å². The van der Waals surface area contributed by atoms with Crippen molar-refractivity contribution in [1.82, 2.24) is 4.90 Å².